The lowest BCUT2D eigenvalue weighted by Crippen LogP contribution is -2.34. The van der Waals surface area contributed by atoms with Crippen LogP contribution in [0.15, 0.2) is 44.9 Å². The number of aliphatic imine (C=N–C) groups is 1. The highest BCUT2D eigenvalue weighted by atomic mass is 35.5. The molecular weight excluding hydrogens is 476 g/mol. The maximum atomic E-state index is 12.5. The summed E-state index contributed by atoms with van der Waals surface area (Å²) in [6.07, 6.45) is 2.08. The quantitative estimate of drug-likeness (QED) is 0.518. The van der Waals surface area contributed by atoms with E-state index >= 15 is 0 Å². The summed E-state index contributed by atoms with van der Waals surface area (Å²) >= 11 is 6.03. The van der Waals surface area contributed by atoms with Crippen LogP contribution in [0.25, 0.3) is 5.69 Å². The zero-order chi connectivity index (χ0) is 24.7. The maximum absolute atomic E-state index is 12.5. The van der Waals surface area contributed by atoms with Gasteiger partial charge in [-0.05, 0) is 43.3 Å². The molecule has 3 aromatic rings. The van der Waals surface area contributed by atoms with Crippen molar-refractivity contribution in [1.82, 2.24) is 14.5 Å². The average Bonchev–Trinajstić information content (AvgIpc) is 3.29. The number of nitrogens with one attached hydrogen (secondary N) is 1. The number of nitrogens with zero attached hydrogens (tertiary/aromatic N) is 3. The van der Waals surface area contributed by atoms with Gasteiger partial charge in [-0.3, -0.25) is 19.7 Å². The summed E-state index contributed by atoms with van der Waals surface area (Å²) in [6.45, 7) is 1.20. The zero-order valence-corrected chi connectivity index (χ0v) is 19.8. The zero-order valence-electron chi connectivity index (χ0n) is 19.1. The van der Waals surface area contributed by atoms with Crippen LogP contribution < -0.4 is 25.5 Å². The minimum Gasteiger partial charge on any atom is -0.493 e. The highest BCUT2D eigenvalue weighted by Gasteiger charge is 2.33. The van der Waals surface area contributed by atoms with Crippen molar-refractivity contribution in [3.8, 4) is 28.8 Å². The third-order valence-corrected chi connectivity index (χ3v) is 6.47. The fourth-order valence-electron chi connectivity index (χ4n) is 4.51. The van der Waals surface area contributed by atoms with E-state index in [9.17, 15) is 14.7 Å². The Labute approximate surface area is 205 Å². The normalized spacial score (nSPS) is 17.1. The minimum absolute atomic E-state index is 0.137. The molecule has 0 aliphatic carbocycles. The van der Waals surface area contributed by atoms with Crippen LogP contribution in [0, 0.1) is 0 Å². The molecule has 2 aliphatic heterocycles. The van der Waals surface area contributed by atoms with Gasteiger partial charge in [-0.2, -0.15) is 0 Å². The summed E-state index contributed by atoms with van der Waals surface area (Å²) in [5.74, 6) is 1.31. The molecule has 0 fully saturated rings. The van der Waals surface area contributed by atoms with E-state index in [-0.39, 0.29) is 24.9 Å². The first kappa shape index (κ1) is 23.0. The fourth-order valence-corrected chi connectivity index (χ4v) is 4.69. The Morgan fingerprint density at radius 3 is 2.91 bits per heavy atom. The highest BCUT2D eigenvalue weighted by Crippen LogP contribution is 2.49. The van der Waals surface area contributed by atoms with Crippen molar-refractivity contribution in [2.45, 2.75) is 12.5 Å². The Hall–Kier alpha value is -3.76. The van der Waals surface area contributed by atoms with Crippen LogP contribution in [0.1, 0.15) is 22.7 Å². The van der Waals surface area contributed by atoms with Crippen molar-refractivity contribution in [2.24, 2.45) is 4.99 Å². The first-order valence-electron chi connectivity index (χ1n) is 10.9. The standard InChI is InChI=1S/C24H23ClN4O6/c1-28-7-6-13-8-18-20(35-12-34-18)21(33-2)19(13)17(28)11-26-10-16-22(30)27-24(32)29(23(16)31)15-5-3-4-14(25)9-15/h3-5,8-10,17,31H,6-7,11-12H2,1-2H3,(H,27,30,32)/t17-/m0/s1. The molecule has 35 heavy (non-hydrogen) atoms. The lowest BCUT2D eigenvalue weighted by Gasteiger charge is -2.35. The number of benzene rings is 2. The predicted molar refractivity (Wildman–Crippen MR) is 130 cm³/mol. The highest BCUT2D eigenvalue weighted by molar-refractivity contribution is 6.30. The summed E-state index contributed by atoms with van der Waals surface area (Å²) in [4.78, 5) is 33.7. The number of H-pyrrole nitrogens is 1. The lowest BCUT2D eigenvalue weighted by atomic mass is 9.91. The Morgan fingerprint density at radius 2 is 2.14 bits per heavy atom. The first-order chi connectivity index (χ1) is 16.9. The van der Waals surface area contributed by atoms with E-state index in [4.69, 9.17) is 25.8 Å². The van der Waals surface area contributed by atoms with Gasteiger partial charge in [0, 0.05) is 23.3 Å². The van der Waals surface area contributed by atoms with Gasteiger partial charge in [0.05, 0.1) is 25.4 Å². The van der Waals surface area contributed by atoms with Gasteiger partial charge in [0.2, 0.25) is 18.4 Å². The number of fused-ring (bicyclic) bond motifs is 2. The molecule has 2 aromatic carbocycles. The van der Waals surface area contributed by atoms with E-state index < -0.39 is 17.1 Å². The van der Waals surface area contributed by atoms with Gasteiger partial charge >= 0.3 is 5.69 Å². The largest absolute Gasteiger partial charge is 0.493 e. The van der Waals surface area contributed by atoms with Crippen LogP contribution >= 0.6 is 11.6 Å². The number of aromatic nitrogens is 2. The molecule has 5 rings (SSSR count). The number of likely N-dealkylation sites (N-methyl/N-ethyl adjacent to an activating group) is 1. The van der Waals surface area contributed by atoms with E-state index in [0.717, 1.165) is 28.7 Å². The molecule has 10 nitrogen and oxygen atoms in total. The fraction of sp³-hybridized carbons (Fsp3) is 0.292. The number of hydrogen-bond acceptors (Lipinski definition) is 8. The molecule has 0 saturated carbocycles. The van der Waals surface area contributed by atoms with Crippen LogP contribution in [0.4, 0.5) is 0 Å². The molecule has 2 aliphatic rings. The van der Waals surface area contributed by atoms with E-state index in [0.29, 0.717) is 28.0 Å². The maximum Gasteiger partial charge on any atom is 0.335 e. The number of ether oxygens (including phenoxy) is 3. The minimum atomic E-state index is -0.784. The molecular formula is C24H23ClN4O6. The second-order valence-corrected chi connectivity index (χ2v) is 8.71. The molecule has 11 heteroatoms. The van der Waals surface area contributed by atoms with Crippen LogP contribution in [-0.2, 0) is 6.42 Å². The smallest absolute Gasteiger partial charge is 0.335 e. The Kier molecular flexibility index (Phi) is 6.00. The lowest BCUT2D eigenvalue weighted by molar-refractivity contribution is 0.170. The monoisotopic (exact) mass is 498 g/mol. The van der Waals surface area contributed by atoms with Gasteiger partial charge in [0.1, 0.15) is 5.56 Å². The second-order valence-electron chi connectivity index (χ2n) is 8.27. The molecule has 0 bridgehead atoms. The van der Waals surface area contributed by atoms with Crippen LogP contribution in [0.3, 0.4) is 0 Å². The molecule has 0 amide bonds. The summed E-state index contributed by atoms with van der Waals surface area (Å²) in [6, 6.07) is 8.18. The van der Waals surface area contributed by atoms with Gasteiger partial charge in [-0.15, -0.1) is 0 Å². The SMILES string of the molecule is COc1c2c(cc3c1[C@H](CN=Cc1c(O)n(-c4cccc(Cl)c4)c(=O)[nH]c1=O)N(C)CC3)OCO2. The molecule has 1 aromatic heterocycles. The molecule has 2 N–H and O–H groups in total. The van der Waals surface area contributed by atoms with E-state index in [2.05, 4.69) is 14.9 Å². The second kappa shape index (κ2) is 9.12. The van der Waals surface area contributed by atoms with Crippen LogP contribution in [0.5, 0.6) is 23.1 Å². The Morgan fingerprint density at radius 1 is 1.31 bits per heavy atom. The van der Waals surface area contributed by atoms with E-state index in [1.54, 1.807) is 25.3 Å². The van der Waals surface area contributed by atoms with E-state index in [1.807, 2.05) is 13.1 Å². The summed E-state index contributed by atoms with van der Waals surface area (Å²) < 4.78 is 17.8. The van der Waals surface area contributed by atoms with Crippen molar-refractivity contribution in [2.75, 3.05) is 34.0 Å². The van der Waals surface area contributed by atoms with E-state index in [1.165, 1.54) is 12.3 Å². The summed E-state index contributed by atoms with van der Waals surface area (Å²) in [5.41, 5.74) is 0.680. The van der Waals surface area contributed by atoms with Gasteiger partial charge in [0.15, 0.2) is 11.5 Å². The number of aromatic hydroxyl groups is 1. The third kappa shape index (κ3) is 4.04. The number of hydrogen-bond donors (Lipinski definition) is 2. The Balaban J connectivity index is 1.51. The number of methoxy groups -OCH3 is 1. The van der Waals surface area contributed by atoms with Crippen LogP contribution in [0.2, 0.25) is 5.02 Å². The molecule has 0 unspecified atom stereocenters. The molecule has 0 radical (unpaired) electrons. The average molecular weight is 499 g/mol. The molecule has 0 spiro atoms. The summed E-state index contributed by atoms with van der Waals surface area (Å²) in [7, 11) is 3.57. The molecule has 182 valence electrons. The van der Waals surface area contributed by atoms with Crippen molar-refractivity contribution in [3.63, 3.8) is 0 Å². The van der Waals surface area contributed by atoms with Crippen molar-refractivity contribution < 1.29 is 19.3 Å². The van der Waals surface area contributed by atoms with Crippen molar-refractivity contribution in [3.05, 3.63) is 72.9 Å². The summed E-state index contributed by atoms with van der Waals surface area (Å²) in [5, 5.41) is 11.2. The van der Waals surface area contributed by atoms with Crippen molar-refractivity contribution in [1.29, 1.82) is 0 Å². The third-order valence-electron chi connectivity index (χ3n) is 6.23. The Bertz CT molecular complexity index is 1450. The first-order valence-corrected chi connectivity index (χ1v) is 11.3. The molecule has 0 saturated heterocycles. The van der Waals surface area contributed by atoms with Gasteiger partial charge < -0.3 is 19.3 Å². The van der Waals surface area contributed by atoms with Gasteiger partial charge in [0.25, 0.3) is 5.56 Å². The number of aromatic amines is 1. The van der Waals surface area contributed by atoms with Crippen LogP contribution in [-0.4, -0.2) is 59.8 Å². The number of rotatable bonds is 5. The van der Waals surface area contributed by atoms with Crippen molar-refractivity contribution >= 4 is 17.8 Å². The topological polar surface area (TPSA) is 118 Å². The molecule has 1 atom stereocenters. The van der Waals surface area contributed by atoms with Gasteiger partial charge in [-0.25, -0.2) is 9.36 Å². The molecule has 3 heterocycles. The predicted octanol–water partition coefficient (Wildman–Crippen LogP) is 2.27. The van der Waals surface area contributed by atoms with Gasteiger partial charge in [-0.1, -0.05) is 17.7 Å². The number of halogens is 1.